The van der Waals surface area contributed by atoms with Gasteiger partial charge >= 0.3 is 0 Å². The molecular formula is C15H25NO5. The highest BCUT2D eigenvalue weighted by atomic mass is 16.5. The van der Waals surface area contributed by atoms with E-state index < -0.39 is 6.10 Å². The number of nitrogens with one attached hydrogen (secondary N) is 1. The lowest BCUT2D eigenvalue weighted by Crippen LogP contribution is -2.21. The van der Waals surface area contributed by atoms with Crippen LogP contribution in [0.2, 0.25) is 0 Å². The topological polar surface area (TPSA) is 80.2 Å². The van der Waals surface area contributed by atoms with Crippen LogP contribution >= 0.6 is 0 Å². The molecule has 3 N–H and O–H groups in total. The summed E-state index contributed by atoms with van der Waals surface area (Å²) in [6.45, 7) is 3.36. The molecular weight excluding hydrogens is 274 g/mol. The Balaban J connectivity index is 2.90. The Morgan fingerprint density at radius 2 is 1.81 bits per heavy atom. The van der Waals surface area contributed by atoms with Crippen LogP contribution in [0.1, 0.15) is 18.9 Å². The smallest absolute Gasteiger partial charge is 0.203 e. The quantitative estimate of drug-likeness (QED) is 0.558. The molecule has 1 unspecified atom stereocenters. The second kappa shape index (κ2) is 9.44. The van der Waals surface area contributed by atoms with Gasteiger partial charge in [0.15, 0.2) is 11.5 Å². The van der Waals surface area contributed by atoms with Gasteiger partial charge in [-0.2, -0.15) is 0 Å². The number of ether oxygens (including phenoxy) is 3. The van der Waals surface area contributed by atoms with E-state index in [2.05, 4.69) is 12.2 Å². The largest absolute Gasteiger partial charge is 0.493 e. The monoisotopic (exact) mass is 299 g/mol. The molecule has 0 saturated carbocycles. The number of benzene rings is 1. The van der Waals surface area contributed by atoms with E-state index in [-0.39, 0.29) is 13.2 Å². The van der Waals surface area contributed by atoms with Crippen molar-refractivity contribution in [2.75, 3.05) is 34.0 Å². The number of aliphatic hydroxyl groups is 2. The highest BCUT2D eigenvalue weighted by molar-refractivity contribution is 5.53. The Kier molecular flexibility index (Phi) is 7.89. The van der Waals surface area contributed by atoms with E-state index in [0.717, 1.165) is 18.5 Å². The minimum Gasteiger partial charge on any atom is -0.493 e. The third-order valence-corrected chi connectivity index (χ3v) is 2.91. The van der Waals surface area contributed by atoms with Crippen molar-refractivity contribution in [1.82, 2.24) is 5.32 Å². The summed E-state index contributed by atoms with van der Waals surface area (Å²) in [6.07, 6.45) is 0.124. The van der Waals surface area contributed by atoms with Crippen LogP contribution < -0.4 is 19.5 Å². The first-order valence-corrected chi connectivity index (χ1v) is 7.03. The predicted octanol–water partition coefficient (Wildman–Crippen LogP) is 0.935. The second-order valence-electron chi connectivity index (χ2n) is 4.65. The maximum atomic E-state index is 9.38. The van der Waals surface area contributed by atoms with Crippen LogP contribution in [0, 0.1) is 0 Å². The van der Waals surface area contributed by atoms with Gasteiger partial charge in [-0.25, -0.2) is 0 Å². The number of aliphatic hydroxyl groups excluding tert-OH is 2. The maximum Gasteiger partial charge on any atom is 0.203 e. The first-order valence-electron chi connectivity index (χ1n) is 7.03. The third-order valence-electron chi connectivity index (χ3n) is 2.91. The Morgan fingerprint density at radius 1 is 1.19 bits per heavy atom. The number of hydrogen-bond donors (Lipinski definition) is 3. The Hall–Kier alpha value is -1.50. The van der Waals surface area contributed by atoms with Gasteiger partial charge in [0.2, 0.25) is 5.75 Å². The highest BCUT2D eigenvalue weighted by Crippen LogP contribution is 2.38. The average Bonchev–Trinajstić information content (AvgIpc) is 2.52. The molecule has 1 atom stereocenters. The zero-order valence-corrected chi connectivity index (χ0v) is 12.9. The van der Waals surface area contributed by atoms with E-state index in [9.17, 15) is 5.11 Å². The van der Waals surface area contributed by atoms with Crippen molar-refractivity contribution >= 4 is 0 Å². The molecule has 1 aromatic carbocycles. The molecule has 6 nitrogen and oxygen atoms in total. The lowest BCUT2D eigenvalue weighted by molar-refractivity contribution is 0.0518. The van der Waals surface area contributed by atoms with Crippen molar-refractivity contribution in [2.45, 2.75) is 26.0 Å². The van der Waals surface area contributed by atoms with E-state index in [4.69, 9.17) is 19.3 Å². The van der Waals surface area contributed by atoms with E-state index in [1.807, 2.05) is 12.1 Å². The van der Waals surface area contributed by atoms with Crippen LogP contribution in [0.3, 0.4) is 0 Å². The fourth-order valence-corrected chi connectivity index (χ4v) is 1.82. The normalized spacial score (nSPS) is 12.0. The summed E-state index contributed by atoms with van der Waals surface area (Å²) in [6, 6.07) is 3.73. The summed E-state index contributed by atoms with van der Waals surface area (Å²) in [5, 5.41) is 21.5. The maximum absolute atomic E-state index is 9.38. The molecule has 0 heterocycles. The second-order valence-corrected chi connectivity index (χ2v) is 4.65. The van der Waals surface area contributed by atoms with Crippen molar-refractivity contribution in [3.8, 4) is 17.2 Å². The minimum absolute atomic E-state index is 0.0311. The van der Waals surface area contributed by atoms with Gasteiger partial charge in [0.05, 0.1) is 20.8 Å². The molecule has 0 aliphatic carbocycles. The van der Waals surface area contributed by atoms with E-state index in [1.54, 1.807) is 14.2 Å². The molecule has 0 spiro atoms. The summed E-state index contributed by atoms with van der Waals surface area (Å²) in [7, 11) is 3.10. The van der Waals surface area contributed by atoms with Crippen molar-refractivity contribution in [1.29, 1.82) is 0 Å². The summed E-state index contributed by atoms with van der Waals surface area (Å²) in [5.74, 6) is 1.49. The van der Waals surface area contributed by atoms with Crippen molar-refractivity contribution in [3.63, 3.8) is 0 Å². The standard InChI is InChI=1S/C15H25NO5/c1-4-5-16-8-11-6-13(19-2)15(14(7-11)20-3)21-10-12(18)9-17/h6-7,12,16-18H,4-5,8-10H2,1-3H3. The van der Waals surface area contributed by atoms with E-state index in [0.29, 0.717) is 23.8 Å². The SMILES string of the molecule is CCCNCc1cc(OC)c(OCC(O)CO)c(OC)c1. The summed E-state index contributed by atoms with van der Waals surface area (Å²) < 4.78 is 16.2. The lowest BCUT2D eigenvalue weighted by Gasteiger charge is -2.17. The Morgan fingerprint density at radius 3 is 2.29 bits per heavy atom. The number of rotatable bonds is 10. The Labute approximate surface area is 125 Å². The van der Waals surface area contributed by atoms with E-state index in [1.165, 1.54) is 0 Å². The summed E-state index contributed by atoms with van der Waals surface area (Å²) in [4.78, 5) is 0. The summed E-state index contributed by atoms with van der Waals surface area (Å²) in [5.41, 5.74) is 1.02. The van der Waals surface area contributed by atoms with Gasteiger partial charge in [0.25, 0.3) is 0 Å². The zero-order chi connectivity index (χ0) is 15.7. The summed E-state index contributed by atoms with van der Waals surface area (Å²) >= 11 is 0. The van der Waals surface area contributed by atoms with Gasteiger partial charge in [0, 0.05) is 6.54 Å². The molecule has 0 amide bonds. The fraction of sp³-hybridized carbons (Fsp3) is 0.600. The lowest BCUT2D eigenvalue weighted by atomic mass is 10.1. The van der Waals surface area contributed by atoms with Crippen LogP contribution in [0.4, 0.5) is 0 Å². The van der Waals surface area contributed by atoms with Gasteiger partial charge in [0.1, 0.15) is 12.7 Å². The van der Waals surface area contributed by atoms with Crippen LogP contribution in [-0.4, -0.2) is 50.3 Å². The molecule has 1 rings (SSSR count). The van der Waals surface area contributed by atoms with Gasteiger partial charge in [-0.05, 0) is 30.7 Å². The van der Waals surface area contributed by atoms with Gasteiger partial charge in [-0.15, -0.1) is 0 Å². The molecule has 21 heavy (non-hydrogen) atoms. The average molecular weight is 299 g/mol. The first kappa shape index (κ1) is 17.6. The van der Waals surface area contributed by atoms with Crippen LogP contribution in [0.5, 0.6) is 17.2 Å². The van der Waals surface area contributed by atoms with Crippen molar-refractivity contribution < 1.29 is 24.4 Å². The number of methoxy groups -OCH3 is 2. The van der Waals surface area contributed by atoms with E-state index >= 15 is 0 Å². The molecule has 0 aromatic heterocycles. The molecule has 0 bridgehead atoms. The van der Waals surface area contributed by atoms with Crippen molar-refractivity contribution in [2.24, 2.45) is 0 Å². The van der Waals surface area contributed by atoms with Crippen LogP contribution in [0.25, 0.3) is 0 Å². The Bertz CT molecular complexity index is 400. The third kappa shape index (κ3) is 5.41. The molecule has 0 radical (unpaired) electrons. The highest BCUT2D eigenvalue weighted by Gasteiger charge is 2.15. The van der Waals surface area contributed by atoms with Gasteiger partial charge in [-0.1, -0.05) is 6.92 Å². The van der Waals surface area contributed by atoms with Crippen LogP contribution in [-0.2, 0) is 6.54 Å². The minimum atomic E-state index is -0.940. The fourth-order valence-electron chi connectivity index (χ4n) is 1.82. The molecule has 0 aliphatic heterocycles. The zero-order valence-electron chi connectivity index (χ0n) is 12.9. The molecule has 6 heteroatoms. The van der Waals surface area contributed by atoms with Gasteiger partial charge < -0.3 is 29.7 Å². The molecule has 0 aliphatic rings. The molecule has 120 valence electrons. The van der Waals surface area contributed by atoms with Gasteiger partial charge in [-0.3, -0.25) is 0 Å². The first-order chi connectivity index (χ1) is 10.2. The molecule has 0 fully saturated rings. The predicted molar refractivity (Wildman–Crippen MR) is 80.1 cm³/mol. The molecule has 1 aromatic rings. The molecule has 0 saturated heterocycles. The van der Waals surface area contributed by atoms with Crippen LogP contribution in [0.15, 0.2) is 12.1 Å². The number of hydrogen-bond acceptors (Lipinski definition) is 6. The van der Waals surface area contributed by atoms with Crippen molar-refractivity contribution in [3.05, 3.63) is 17.7 Å².